The Bertz CT molecular complexity index is 1150. The summed E-state index contributed by atoms with van der Waals surface area (Å²) in [5.74, 6) is 1.05. The minimum atomic E-state index is -0.144. The molecule has 1 aliphatic heterocycles. The van der Waals surface area contributed by atoms with Crippen molar-refractivity contribution in [1.29, 1.82) is 0 Å². The highest BCUT2D eigenvalue weighted by atomic mass is 32.2. The van der Waals surface area contributed by atoms with E-state index in [1.54, 1.807) is 11.8 Å². The van der Waals surface area contributed by atoms with Gasteiger partial charge in [0.1, 0.15) is 11.1 Å². The number of aryl methyl sites for hydroxylation is 1. The lowest BCUT2D eigenvalue weighted by molar-refractivity contribution is -0.115. The molecule has 0 aromatic heterocycles. The van der Waals surface area contributed by atoms with Crippen LogP contribution in [0.25, 0.3) is 0 Å². The Morgan fingerprint density at radius 2 is 1.74 bits per heavy atom. The Morgan fingerprint density at radius 3 is 2.46 bits per heavy atom. The van der Waals surface area contributed by atoms with Crippen LogP contribution >= 0.6 is 11.8 Å². The molecule has 0 bridgehead atoms. The van der Waals surface area contributed by atoms with Gasteiger partial charge in [-0.25, -0.2) is 0 Å². The van der Waals surface area contributed by atoms with Crippen molar-refractivity contribution in [3.8, 4) is 5.75 Å². The Labute approximate surface area is 211 Å². The van der Waals surface area contributed by atoms with Gasteiger partial charge in [-0.3, -0.25) is 14.5 Å². The van der Waals surface area contributed by atoms with Crippen molar-refractivity contribution in [3.05, 3.63) is 89.5 Å². The predicted molar refractivity (Wildman–Crippen MR) is 144 cm³/mol. The minimum Gasteiger partial charge on any atom is -0.492 e. The second kappa shape index (κ2) is 11.9. The maximum Gasteiger partial charge on any atom is 0.255 e. The zero-order chi connectivity index (χ0) is 24.6. The lowest BCUT2D eigenvalue weighted by Gasteiger charge is -2.26. The third-order valence-electron chi connectivity index (χ3n) is 6.03. The lowest BCUT2D eigenvalue weighted by Crippen LogP contribution is -2.28. The fourth-order valence-electron chi connectivity index (χ4n) is 4.20. The molecule has 3 aromatic rings. The zero-order valence-corrected chi connectivity index (χ0v) is 21.1. The highest BCUT2D eigenvalue weighted by Crippen LogP contribution is 2.44. The molecule has 1 heterocycles. The maximum atomic E-state index is 12.8. The Balaban J connectivity index is 1.44. The van der Waals surface area contributed by atoms with E-state index in [0.717, 1.165) is 23.4 Å². The third kappa shape index (κ3) is 6.06. The van der Waals surface area contributed by atoms with Crippen LogP contribution in [0.3, 0.4) is 0 Å². The van der Waals surface area contributed by atoms with Gasteiger partial charge in [0.25, 0.3) is 5.91 Å². The molecule has 5 nitrogen and oxygen atoms in total. The van der Waals surface area contributed by atoms with Crippen LogP contribution in [-0.2, 0) is 11.2 Å². The monoisotopic (exact) mass is 488 g/mol. The number of rotatable bonds is 10. The molecule has 4 rings (SSSR count). The topological polar surface area (TPSA) is 58.6 Å². The first-order valence-corrected chi connectivity index (χ1v) is 13.3. The molecular weight excluding hydrogens is 456 g/mol. The Morgan fingerprint density at radius 1 is 1.00 bits per heavy atom. The number of thioether (sulfide) groups is 1. The normalized spacial score (nSPS) is 15.3. The molecule has 0 unspecified atom stereocenters. The number of benzene rings is 3. The summed E-state index contributed by atoms with van der Waals surface area (Å²) in [6.45, 7) is 4.67. The van der Waals surface area contributed by atoms with Crippen LogP contribution < -0.4 is 15.0 Å². The van der Waals surface area contributed by atoms with E-state index in [-0.39, 0.29) is 17.2 Å². The smallest absolute Gasteiger partial charge is 0.255 e. The van der Waals surface area contributed by atoms with Crippen LogP contribution in [0.15, 0.2) is 72.8 Å². The van der Waals surface area contributed by atoms with Gasteiger partial charge in [-0.15, -0.1) is 11.8 Å². The summed E-state index contributed by atoms with van der Waals surface area (Å²) in [6.07, 6.45) is 4.65. The third-order valence-corrected chi connectivity index (χ3v) is 7.24. The quantitative estimate of drug-likeness (QED) is 0.317. The van der Waals surface area contributed by atoms with Crippen molar-refractivity contribution >= 4 is 35.0 Å². The Hall–Kier alpha value is -3.25. The molecule has 0 radical (unpaired) electrons. The van der Waals surface area contributed by atoms with Crippen molar-refractivity contribution in [1.82, 2.24) is 0 Å². The van der Waals surface area contributed by atoms with Crippen molar-refractivity contribution < 1.29 is 14.3 Å². The molecule has 1 aliphatic rings. The van der Waals surface area contributed by atoms with E-state index < -0.39 is 0 Å². The summed E-state index contributed by atoms with van der Waals surface area (Å²) in [7, 11) is 0. The van der Waals surface area contributed by atoms with E-state index in [4.69, 9.17) is 4.74 Å². The summed E-state index contributed by atoms with van der Waals surface area (Å²) in [6, 6.07) is 23.2. The Kier molecular flexibility index (Phi) is 8.48. The first-order chi connectivity index (χ1) is 17.1. The molecule has 1 saturated heterocycles. The molecule has 35 heavy (non-hydrogen) atoms. The standard InChI is InChI=1S/C29H32N2O3S/c1-3-5-6-9-21-12-14-22(15-13-21)28(33)30-24-18-16-23(17-19-24)29-31(27(32)20-35-29)25-10-7-8-11-26(25)34-4-2/h7-8,10-19,29H,3-6,9,20H2,1-2H3,(H,30,33)/t29-/m0/s1. The van der Waals surface area contributed by atoms with Crippen molar-refractivity contribution in [2.75, 3.05) is 22.6 Å². The minimum absolute atomic E-state index is 0.0580. The molecule has 0 saturated carbocycles. The van der Waals surface area contributed by atoms with Crippen molar-refractivity contribution in [2.45, 2.75) is 44.9 Å². The second-order valence-corrected chi connectivity index (χ2v) is 9.63. The fraction of sp³-hybridized carbons (Fsp3) is 0.310. The van der Waals surface area contributed by atoms with E-state index in [0.29, 0.717) is 23.7 Å². The van der Waals surface area contributed by atoms with Crippen LogP contribution in [0.5, 0.6) is 5.75 Å². The average Bonchev–Trinajstić information content (AvgIpc) is 3.26. The van der Waals surface area contributed by atoms with Gasteiger partial charge in [0.15, 0.2) is 0 Å². The highest BCUT2D eigenvalue weighted by Gasteiger charge is 2.35. The van der Waals surface area contributed by atoms with Gasteiger partial charge in [0.05, 0.1) is 18.0 Å². The number of nitrogens with zero attached hydrogens (tertiary/aromatic N) is 1. The van der Waals surface area contributed by atoms with Crippen molar-refractivity contribution in [2.24, 2.45) is 0 Å². The van der Waals surface area contributed by atoms with Crippen molar-refractivity contribution in [3.63, 3.8) is 0 Å². The summed E-state index contributed by atoms with van der Waals surface area (Å²) in [4.78, 5) is 27.3. The number of anilines is 2. The van der Waals surface area contributed by atoms with Gasteiger partial charge in [0.2, 0.25) is 5.91 Å². The highest BCUT2D eigenvalue weighted by molar-refractivity contribution is 8.00. The maximum absolute atomic E-state index is 12.8. The molecule has 2 amide bonds. The van der Waals surface area contributed by atoms with Crippen LogP contribution in [0.1, 0.15) is 60.0 Å². The SMILES string of the molecule is CCCCCc1ccc(C(=O)Nc2ccc([C@@H]3SCC(=O)N3c3ccccc3OCC)cc2)cc1. The predicted octanol–water partition coefficient (Wildman–Crippen LogP) is 6.85. The van der Waals surface area contributed by atoms with E-state index >= 15 is 0 Å². The molecule has 3 aromatic carbocycles. The molecular formula is C29H32N2O3S. The molecule has 182 valence electrons. The largest absolute Gasteiger partial charge is 0.492 e. The van der Waals surface area contributed by atoms with Crippen LogP contribution in [-0.4, -0.2) is 24.2 Å². The number of carbonyl (C=O) groups excluding carboxylic acids is 2. The molecule has 1 atom stereocenters. The molecule has 6 heteroatoms. The van der Waals surface area contributed by atoms with Gasteiger partial charge in [-0.05, 0) is 67.3 Å². The van der Waals surface area contributed by atoms with E-state index in [9.17, 15) is 9.59 Å². The molecule has 1 N–H and O–H groups in total. The van der Waals surface area contributed by atoms with Crippen LogP contribution in [0, 0.1) is 0 Å². The number of nitrogens with one attached hydrogen (secondary N) is 1. The zero-order valence-electron chi connectivity index (χ0n) is 20.3. The molecule has 0 spiro atoms. The van der Waals surface area contributed by atoms with E-state index in [1.165, 1.54) is 24.8 Å². The average molecular weight is 489 g/mol. The van der Waals surface area contributed by atoms with Gasteiger partial charge in [-0.1, -0.05) is 56.2 Å². The number of amides is 2. The van der Waals surface area contributed by atoms with Gasteiger partial charge in [0, 0.05) is 11.3 Å². The van der Waals surface area contributed by atoms with Gasteiger partial charge < -0.3 is 10.1 Å². The first kappa shape index (κ1) is 24.9. The van der Waals surface area contributed by atoms with E-state index in [1.807, 2.05) is 84.6 Å². The summed E-state index contributed by atoms with van der Waals surface area (Å²) in [5.41, 5.74) is 4.41. The second-order valence-electron chi connectivity index (χ2n) is 8.56. The van der Waals surface area contributed by atoms with E-state index in [2.05, 4.69) is 12.2 Å². The number of carbonyl (C=O) groups is 2. The number of unbranched alkanes of at least 4 members (excludes halogenated alkanes) is 2. The first-order valence-electron chi connectivity index (χ1n) is 12.3. The summed E-state index contributed by atoms with van der Waals surface area (Å²) >= 11 is 1.59. The van der Waals surface area contributed by atoms with Crippen LogP contribution in [0.2, 0.25) is 0 Å². The number of para-hydroxylation sites is 2. The summed E-state index contributed by atoms with van der Waals surface area (Å²) < 4.78 is 5.77. The molecule has 1 fully saturated rings. The van der Waals surface area contributed by atoms with Crippen LogP contribution in [0.4, 0.5) is 11.4 Å². The number of hydrogen-bond acceptors (Lipinski definition) is 4. The van der Waals surface area contributed by atoms with Gasteiger partial charge >= 0.3 is 0 Å². The molecule has 0 aliphatic carbocycles. The number of ether oxygens (including phenoxy) is 1. The summed E-state index contributed by atoms with van der Waals surface area (Å²) in [5, 5.41) is 2.83. The lowest BCUT2D eigenvalue weighted by atomic mass is 10.1. The number of hydrogen-bond donors (Lipinski definition) is 1. The fourth-order valence-corrected chi connectivity index (χ4v) is 5.37. The van der Waals surface area contributed by atoms with Gasteiger partial charge in [-0.2, -0.15) is 0 Å².